The van der Waals surface area contributed by atoms with E-state index in [9.17, 15) is 0 Å². The van der Waals surface area contributed by atoms with Gasteiger partial charge in [-0.1, -0.05) is 0 Å². The molecule has 2 rings (SSSR count). The summed E-state index contributed by atoms with van der Waals surface area (Å²) in [5.74, 6) is 0.340. The number of hydrogen-bond donors (Lipinski definition) is 1. The normalized spacial score (nSPS) is 13.9. The minimum Gasteiger partial charge on any atom is -0.477 e. The van der Waals surface area contributed by atoms with E-state index >= 15 is 0 Å². The van der Waals surface area contributed by atoms with E-state index in [-0.39, 0.29) is 12.4 Å². The average molecular weight is 246 g/mol. The number of thiophene rings is 1. The average Bonchev–Trinajstić information content (AvgIpc) is 2.61. The number of hydrogen-bond acceptors (Lipinski definition) is 3. The minimum atomic E-state index is 0. The first-order valence-electron chi connectivity index (χ1n) is 5.14. The molecule has 1 aliphatic carbocycles. The molecule has 0 fully saturated rings. The molecule has 0 amide bonds. The maximum Gasteiger partial charge on any atom is 0.223 e. The number of ether oxygens (including phenoxy) is 1. The third-order valence-electron chi connectivity index (χ3n) is 2.51. The van der Waals surface area contributed by atoms with E-state index in [4.69, 9.17) is 10.1 Å². The summed E-state index contributed by atoms with van der Waals surface area (Å²) in [6.45, 7) is 2.50. The molecular weight excluding hydrogens is 230 g/mol. The lowest BCUT2D eigenvalue weighted by Gasteiger charge is -2.08. The zero-order chi connectivity index (χ0) is 9.97. The highest BCUT2D eigenvalue weighted by molar-refractivity contribution is 7.14. The lowest BCUT2D eigenvalue weighted by Crippen LogP contribution is -2.01. The molecule has 4 heteroatoms. The number of halogens is 1. The largest absolute Gasteiger partial charge is 0.477 e. The third-order valence-corrected chi connectivity index (χ3v) is 3.74. The smallest absolute Gasteiger partial charge is 0.223 e. The summed E-state index contributed by atoms with van der Waals surface area (Å²) in [6.07, 6.45) is 4.98. The van der Waals surface area contributed by atoms with Crippen LogP contribution in [0.4, 0.5) is 0 Å². The van der Waals surface area contributed by atoms with Crippen LogP contribution < -0.4 is 0 Å². The molecule has 0 bridgehead atoms. The Morgan fingerprint density at radius 2 is 2.20 bits per heavy atom. The number of nitrogens with one attached hydrogen (secondary N) is 1. The van der Waals surface area contributed by atoms with Crippen LogP contribution in [-0.4, -0.2) is 12.5 Å². The zero-order valence-electron chi connectivity index (χ0n) is 8.84. The maximum atomic E-state index is 7.70. The standard InChI is InChI=1S/C11H15NOS.ClH/c1-2-13-11(12)10-7-8-5-3-4-6-9(8)14-10;/h7,12H,2-6H2,1H3;1H. The van der Waals surface area contributed by atoms with Crippen molar-refractivity contribution in [1.82, 2.24) is 0 Å². The lowest BCUT2D eigenvalue weighted by molar-refractivity contribution is 0.326. The van der Waals surface area contributed by atoms with Crippen LogP contribution in [0.25, 0.3) is 0 Å². The van der Waals surface area contributed by atoms with Crippen molar-refractivity contribution in [3.8, 4) is 0 Å². The van der Waals surface area contributed by atoms with Crippen LogP contribution in [-0.2, 0) is 17.6 Å². The van der Waals surface area contributed by atoms with Crippen molar-refractivity contribution in [2.45, 2.75) is 32.6 Å². The van der Waals surface area contributed by atoms with Gasteiger partial charge in [-0.05, 0) is 44.2 Å². The Morgan fingerprint density at radius 3 is 2.87 bits per heavy atom. The molecule has 0 spiro atoms. The number of fused-ring (bicyclic) bond motifs is 1. The van der Waals surface area contributed by atoms with E-state index in [1.807, 2.05) is 6.92 Å². The second-order valence-electron chi connectivity index (χ2n) is 3.53. The van der Waals surface area contributed by atoms with E-state index in [2.05, 4.69) is 6.07 Å². The Hall–Kier alpha value is -0.540. The highest BCUT2D eigenvalue weighted by Gasteiger charge is 2.15. The Bertz CT molecular complexity index is 325. The zero-order valence-corrected chi connectivity index (χ0v) is 10.5. The van der Waals surface area contributed by atoms with E-state index in [0.29, 0.717) is 12.5 Å². The SMILES string of the molecule is CCOC(=N)c1cc2c(s1)CCCC2.Cl. The highest BCUT2D eigenvalue weighted by Crippen LogP contribution is 2.29. The number of aryl methyl sites for hydroxylation is 2. The summed E-state index contributed by atoms with van der Waals surface area (Å²) in [7, 11) is 0. The molecule has 0 saturated carbocycles. The van der Waals surface area contributed by atoms with Crippen LogP contribution in [0.15, 0.2) is 6.07 Å². The van der Waals surface area contributed by atoms with Crippen molar-refractivity contribution in [2.75, 3.05) is 6.61 Å². The van der Waals surface area contributed by atoms with Gasteiger partial charge in [0.05, 0.1) is 11.5 Å². The van der Waals surface area contributed by atoms with Crippen molar-refractivity contribution in [1.29, 1.82) is 5.41 Å². The first-order chi connectivity index (χ1) is 6.81. The van der Waals surface area contributed by atoms with Crippen LogP contribution in [0.3, 0.4) is 0 Å². The van der Waals surface area contributed by atoms with Crippen molar-refractivity contribution in [3.63, 3.8) is 0 Å². The summed E-state index contributed by atoms with van der Waals surface area (Å²) in [5.41, 5.74) is 1.45. The molecule has 0 unspecified atom stereocenters. The van der Waals surface area contributed by atoms with Crippen LogP contribution in [0.1, 0.15) is 35.1 Å². The minimum absolute atomic E-state index is 0. The maximum absolute atomic E-state index is 7.70. The Kier molecular flexibility index (Phi) is 4.61. The molecule has 1 heterocycles. The van der Waals surface area contributed by atoms with Gasteiger partial charge in [0.25, 0.3) is 0 Å². The molecule has 0 aromatic carbocycles. The van der Waals surface area contributed by atoms with E-state index in [0.717, 1.165) is 4.88 Å². The second-order valence-corrected chi connectivity index (χ2v) is 4.67. The molecule has 0 atom stereocenters. The monoisotopic (exact) mass is 245 g/mol. The molecule has 1 aromatic heterocycles. The summed E-state index contributed by atoms with van der Waals surface area (Å²) < 4.78 is 5.20. The predicted molar refractivity (Wildman–Crippen MR) is 66.7 cm³/mol. The van der Waals surface area contributed by atoms with Gasteiger partial charge in [0, 0.05) is 4.88 Å². The van der Waals surface area contributed by atoms with Gasteiger partial charge in [-0.2, -0.15) is 0 Å². The summed E-state index contributed by atoms with van der Waals surface area (Å²) in [4.78, 5) is 2.47. The van der Waals surface area contributed by atoms with Crippen molar-refractivity contribution < 1.29 is 4.74 Å². The topological polar surface area (TPSA) is 33.1 Å². The molecule has 2 nitrogen and oxygen atoms in total. The van der Waals surface area contributed by atoms with Crippen LogP contribution >= 0.6 is 23.7 Å². The second kappa shape index (κ2) is 5.52. The van der Waals surface area contributed by atoms with Gasteiger partial charge in [-0.3, -0.25) is 5.41 Å². The van der Waals surface area contributed by atoms with E-state index < -0.39 is 0 Å². The summed E-state index contributed by atoms with van der Waals surface area (Å²) in [6, 6.07) is 2.14. The quantitative estimate of drug-likeness (QED) is 0.629. The van der Waals surface area contributed by atoms with Gasteiger partial charge < -0.3 is 4.74 Å². The van der Waals surface area contributed by atoms with Crippen molar-refractivity contribution in [3.05, 3.63) is 21.4 Å². The van der Waals surface area contributed by atoms with Crippen LogP contribution in [0.2, 0.25) is 0 Å². The van der Waals surface area contributed by atoms with E-state index in [1.54, 1.807) is 11.3 Å². The molecular formula is C11H16ClNOS. The van der Waals surface area contributed by atoms with Gasteiger partial charge in [0.2, 0.25) is 5.90 Å². The molecule has 84 valence electrons. The third kappa shape index (κ3) is 2.73. The van der Waals surface area contributed by atoms with Gasteiger partial charge in [-0.25, -0.2) is 0 Å². The summed E-state index contributed by atoms with van der Waals surface area (Å²) in [5, 5.41) is 7.70. The van der Waals surface area contributed by atoms with Gasteiger partial charge in [0.1, 0.15) is 0 Å². The molecule has 0 aliphatic heterocycles. The van der Waals surface area contributed by atoms with Crippen LogP contribution in [0, 0.1) is 5.41 Å². The van der Waals surface area contributed by atoms with Gasteiger partial charge >= 0.3 is 0 Å². The number of rotatable bonds is 2. The molecule has 0 radical (unpaired) electrons. The predicted octanol–water partition coefficient (Wildman–Crippen LogP) is 3.41. The molecule has 15 heavy (non-hydrogen) atoms. The Labute approximate surface area is 101 Å². The van der Waals surface area contributed by atoms with Crippen LogP contribution in [0.5, 0.6) is 0 Å². The lowest BCUT2D eigenvalue weighted by atomic mass is 9.99. The molecule has 1 aromatic rings. The highest BCUT2D eigenvalue weighted by atomic mass is 35.5. The molecule has 0 saturated heterocycles. The fourth-order valence-corrected chi connectivity index (χ4v) is 2.97. The Balaban J connectivity index is 0.00000112. The fraction of sp³-hybridized carbons (Fsp3) is 0.545. The van der Waals surface area contributed by atoms with Gasteiger partial charge in [0.15, 0.2) is 0 Å². The first kappa shape index (κ1) is 12.5. The van der Waals surface area contributed by atoms with Gasteiger partial charge in [-0.15, -0.1) is 23.7 Å². The molecule has 1 N–H and O–H groups in total. The van der Waals surface area contributed by atoms with Crippen molar-refractivity contribution in [2.24, 2.45) is 0 Å². The fourth-order valence-electron chi connectivity index (χ4n) is 1.82. The van der Waals surface area contributed by atoms with E-state index in [1.165, 1.54) is 36.1 Å². The molecule has 1 aliphatic rings. The van der Waals surface area contributed by atoms with Crippen molar-refractivity contribution >= 4 is 29.6 Å². The first-order valence-corrected chi connectivity index (χ1v) is 5.96. The summed E-state index contributed by atoms with van der Waals surface area (Å²) >= 11 is 1.73. The Morgan fingerprint density at radius 1 is 1.47 bits per heavy atom.